The molecule has 0 unspecified atom stereocenters. The Morgan fingerprint density at radius 1 is 0.952 bits per heavy atom. The van der Waals surface area contributed by atoms with Crippen molar-refractivity contribution in [2.24, 2.45) is 0 Å². The normalized spacial score (nSPS) is 11.6. The molecule has 1 aromatic heterocycles. The molecule has 0 saturated heterocycles. The lowest BCUT2D eigenvalue weighted by Crippen LogP contribution is -2.17. The summed E-state index contributed by atoms with van der Waals surface area (Å²) in [6, 6.07) is 12.2. The standard InChI is InChI=1S/C7H6O2.C4H3NO2.C4H5N/c8-7(9)6-4-2-1-3-5-6;6-3-1-2-5-4(3)7;1-2-4-5-3-1/h1-5H,(H,8,9);1-2H,(H,5,6,7);1-5H. The molecule has 1 amide bonds. The lowest BCUT2D eigenvalue weighted by molar-refractivity contribution is -0.133. The van der Waals surface area contributed by atoms with Gasteiger partial charge >= 0.3 is 5.97 Å². The van der Waals surface area contributed by atoms with E-state index in [2.05, 4.69) is 10.3 Å². The van der Waals surface area contributed by atoms with Gasteiger partial charge in [0.2, 0.25) is 5.78 Å². The number of H-pyrrole nitrogens is 1. The van der Waals surface area contributed by atoms with Gasteiger partial charge in [-0.2, -0.15) is 0 Å². The number of aromatic nitrogens is 1. The van der Waals surface area contributed by atoms with Crippen LogP contribution in [0.25, 0.3) is 0 Å². The van der Waals surface area contributed by atoms with Crippen LogP contribution in [0.2, 0.25) is 0 Å². The van der Waals surface area contributed by atoms with Gasteiger partial charge in [0.05, 0.1) is 5.56 Å². The molecule has 0 fully saturated rings. The Morgan fingerprint density at radius 2 is 1.57 bits per heavy atom. The summed E-state index contributed by atoms with van der Waals surface area (Å²) < 4.78 is 0. The van der Waals surface area contributed by atoms with Crippen molar-refractivity contribution < 1.29 is 19.5 Å². The summed E-state index contributed by atoms with van der Waals surface area (Å²) in [4.78, 5) is 33.2. The second-order valence-corrected chi connectivity index (χ2v) is 3.73. The Hall–Kier alpha value is -3.15. The zero-order valence-electron chi connectivity index (χ0n) is 11.0. The molecule has 0 bridgehead atoms. The Labute approximate surface area is 121 Å². The first kappa shape index (κ1) is 15.9. The van der Waals surface area contributed by atoms with Crippen molar-refractivity contribution in [2.45, 2.75) is 0 Å². The molecule has 108 valence electrons. The van der Waals surface area contributed by atoms with Gasteiger partial charge < -0.3 is 15.4 Å². The SMILES string of the molecule is O=C(O)c1ccccc1.O=C1C=CNC1=O.c1cc[nH]c1. The van der Waals surface area contributed by atoms with Crippen LogP contribution < -0.4 is 5.32 Å². The highest BCUT2D eigenvalue weighted by molar-refractivity contribution is 6.42. The fourth-order valence-corrected chi connectivity index (χ4v) is 1.20. The Kier molecular flexibility index (Phi) is 6.72. The second kappa shape index (κ2) is 8.87. The zero-order chi connectivity index (χ0) is 15.5. The lowest BCUT2D eigenvalue weighted by atomic mass is 10.2. The molecule has 1 aliphatic rings. The van der Waals surface area contributed by atoms with E-state index < -0.39 is 17.7 Å². The summed E-state index contributed by atoms with van der Waals surface area (Å²) in [5.41, 5.74) is 0.331. The minimum absolute atomic E-state index is 0.331. The molecule has 6 heteroatoms. The van der Waals surface area contributed by atoms with Crippen LogP contribution in [0.1, 0.15) is 10.4 Å². The molecule has 1 aromatic carbocycles. The maximum Gasteiger partial charge on any atom is 0.335 e. The maximum atomic E-state index is 10.2. The molecule has 3 N–H and O–H groups in total. The van der Waals surface area contributed by atoms with Gasteiger partial charge in [-0.05, 0) is 24.3 Å². The van der Waals surface area contributed by atoms with Crippen molar-refractivity contribution in [3.63, 3.8) is 0 Å². The van der Waals surface area contributed by atoms with E-state index in [1.54, 1.807) is 30.3 Å². The van der Waals surface area contributed by atoms with E-state index in [4.69, 9.17) is 5.11 Å². The summed E-state index contributed by atoms with van der Waals surface area (Å²) in [7, 11) is 0. The van der Waals surface area contributed by atoms with E-state index >= 15 is 0 Å². The average molecular weight is 286 g/mol. The van der Waals surface area contributed by atoms with E-state index in [0.29, 0.717) is 5.56 Å². The number of ketones is 1. The Morgan fingerprint density at radius 3 is 1.81 bits per heavy atom. The van der Waals surface area contributed by atoms with E-state index in [9.17, 15) is 14.4 Å². The molecule has 6 nitrogen and oxygen atoms in total. The molecule has 2 aromatic rings. The van der Waals surface area contributed by atoms with E-state index in [-0.39, 0.29) is 0 Å². The average Bonchev–Trinajstić information content (AvgIpc) is 3.17. The van der Waals surface area contributed by atoms with E-state index in [1.807, 2.05) is 24.5 Å². The molecular formula is C15H14N2O4. The first-order valence-corrected chi connectivity index (χ1v) is 5.98. The molecule has 2 heterocycles. The first-order chi connectivity index (χ1) is 10.1. The summed E-state index contributed by atoms with van der Waals surface area (Å²) in [6.07, 6.45) is 6.27. The van der Waals surface area contributed by atoms with Gasteiger partial charge in [-0.25, -0.2) is 4.79 Å². The van der Waals surface area contributed by atoms with Gasteiger partial charge in [-0.3, -0.25) is 9.59 Å². The molecule has 0 saturated carbocycles. The number of carboxylic acids is 1. The van der Waals surface area contributed by atoms with Gasteiger partial charge in [0, 0.05) is 24.7 Å². The van der Waals surface area contributed by atoms with Crippen LogP contribution in [0.3, 0.4) is 0 Å². The molecule has 21 heavy (non-hydrogen) atoms. The third kappa shape index (κ3) is 6.53. The van der Waals surface area contributed by atoms with E-state index in [0.717, 1.165) is 0 Å². The van der Waals surface area contributed by atoms with Gasteiger partial charge in [0.15, 0.2) is 0 Å². The molecule has 3 rings (SSSR count). The Bertz CT molecular complexity index is 587. The molecule has 0 radical (unpaired) electrons. The fraction of sp³-hybridized carbons (Fsp3) is 0. The van der Waals surface area contributed by atoms with Gasteiger partial charge in [-0.1, -0.05) is 18.2 Å². The first-order valence-electron chi connectivity index (χ1n) is 5.98. The largest absolute Gasteiger partial charge is 0.478 e. The zero-order valence-corrected chi connectivity index (χ0v) is 11.0. The third-order valence-electron chi connectivity index (χ3n) is 2.19. The number of rotatable bonds is 1. The number of nitrogens with one attached hydrogen (secondary N) is 2. The number of amides is 1. The summed E-state index contributed by atoms with van der Waals surface area (Å²) in [6.45, 7) is 0. The van der Waals surface area contributed by atoms with Gasteiger partial charge in [0.1, 0.15) is 0 Å². The third-order valence-corrected chi connectivity index (χ3v) is 2.19. The molecular weight excluding hydrogens is 272 g/mol. The summed E-state index contributed by atoms with van der Waals surface area (Å²) >= 11 is 0. The van der Waals surface area contributed by atoms with E-state index in [1.165, 1.54) is 12.3 Å². The van der Waals surface area contributed by atoms with Crippen LogP contribution in [0.5, 0.6) is 0 Å². The Balaban J connectivity index is 0.000000164. The molecule has 0 atom stereocenters. The highest BCUT2D eigenvalue weighted by atomic mass is 16.4. The summed E-state index contributed by atoms with van der Waals surface area (Å²) in [5.74, 6) is -1.89. The van der Waals surface area contributed by atoms with Crippen LogP contribution >= 0.6 is 0 Å². The molecule has 0 spiro atoms. The van der Waals surface area contributed by atoms with Crippen molar-refractivity contribution >= 4 is 17.7 Å². The van der Waals surface area contributed by atoms with Crippen LogP contribution in [0.4, 0.5) is 0 Å². The van der Waals surface area contributed by atoms with Crippen LogP contribution in [0, 0.1) is 0 Å². The number of benzene rings is 1. The quantitative estimate of drug-likeness (QED) is 0.693. The van der Waals surface area contributed by atoms with Gasteiger partial charge in [-0.15, -0.1) is 0 Å². The topological polar surface area (TPSA) is 99.3 Å². The van der Waals surface area contributed by atoms with Crippen LogP contribution in [-0.2, 0) is 9.59 Å². The van der Waals surface area contributed by atoms with Crippen LogP contribution in [-0.4, -0.2) is 27.8 Å². The minimum Gasteiger partial charge on any atom is -0.478 e. The number of carbonyl (C=O) groups excluding carboxylic acids is 2. The number of hydrogen-bond acceptors (Lipinski definition) is 3. The number of hydrogen-bond donors (Lipinski definition) is 3. The molecule has 0 aliphatic carbocycles. The second-order valence-electron chi connectivity index (χ2n) is 3.73. The summed E-state index contributed by atoms with van der Waals surface area (Å²) in [5, 5.41) is 10.6. The number of aromatic amines is 1. The van der Waals surface area contributed by atoms with Crippen molar-refractivity contribution in [1.29, 1.82) is 0 Å². The number of aromatic carboxylic acids is 1. The number of carboxylic acid groups (broad SMARTS) is 1. The maximum absolute atomic E-state index is 10.2. The number of carbonyl (C=O) groups is 3. The van der Waals surface area contributed by atoms with Crippen molar-refractivity contribution in [3.05, 3.63) is 72.7 Å². The van der Waals surface area contributed by atoms with Crippen molar-refractivity contribution in [3.8, 4) is 0 Å². The van der Waals surface area contributed by atoms with Gasteiger partial charge in [0.25, 0.3) is 5.91 Å². The van der Waals surface area contributed by atoms with Crippen LogP contribution in [0.15, 0.2) is 67.1 Å². The van der Waals surface area contributed by atoms with Crippen molar-refractivity contribution in [1.82, 2.24) is 10.3 Å². The minimum atomic E-state index is -0.879. The highest BCUT2D eigenvalue weighted by Crippen LogP contribution is 1.96. The predicted octanol–water partition coefficient (Wildman–Crippen LogP) is 1.60. The highest BCUT2D eigenvalue weighted by Gasteiger charge is 2.12. The molecule has 1 aliphatic heterocycles. The predicted molar refractivity (Wildman–Crippen MR) is 76.5 cm³/mol. The van der Waals surface area contributed by atoms with Crippen molar-refractivity contribution in [2.75, 3.05) is 0 Å². The smallest absolute Gasteiger partial charge is 0.335 e. The monoisotopic (exact) mass is 286 g/mol. The lowest BCUT2D eigenvalue weighted by Gasteiger charge is -1.88. The fourth-order valence-electron chi connectivity index (χ4n) is 1.20.